The molecule has 0 aliphatic rings. The van der Waals surface area contributed by atoms with Crippen LogP contribution in [0.1, 0.15) is 27.3 Å². The first-order valence-corrected chi connectivity index (χ1v) is 7.91. The third kappa shape index (κ3) is 5.96. The summed E-state index contributed by atoms with van der Waals surface area (Å²) in [6, 6.07) is 8.51. The summed E-state index contributed by atoms with van der Waals surface area (Å²) < 4.78 is 13.2. The summed E-state index contributed by atoms with van der Waals surface area (Å²) in [6.45, 7) is 1.39. The molecule has 0 spiro atoms. The number of nitrogens with zero attached hydrogens (tertiary/aromatic N) is 2. The molecular formula is C18H21FN4O2. The van der Waals surface area contributed by atoms with Crippen molar-refractivity contribution in [2.75, 3.05) is 32.5 Å². The fourth-order valence-corrected chi connectivity index (χ4v) is 2.15. The lowest BCUT2D eigenvalue weighted by Gasteiger charge is -2.10. The Labute approximate surface area is 146 Å². The van der Waals surface area contributed by atoms with E-state index in [1.54, 1.807) is 6.07 Å². The molecule has 0 saturated heterocycles. The van der Waals surface area contributed by atoms with Crippen LogP contribution in [-0.2, 0) is 0 Å². The summed E-state index contributed by atoms with van der Waals surface area (Å²) in [7, 11) is 3.92. The van der Waals surface area contributed by atoms with E-state index in [0.717, 1.165) is 13.0 Å². The molecule has 1 aromatic heterocycles. The normalized spacial score (nSPS) is 10.6. The van der Waals surface area contributed by atoms with E-state index in [-0.39, 0.29) is 17.2 Å². The molecule has 25 heavy (non-hydrogen) atoms. The van der Waals surface area contributed by atoms with Crippen molar-refractivity contribution in [3.05, 3.63) is 59.7 Å². The number of rotatable bonds is 7. The molecule has 0 radical (unpaired) electrons. The zero-order chi connectivity index (χ0) is 18.2. The number of hydrogen-bond donors (Lipinski definition) is 2. The van der Waals surface area contributed by atoms with E-state index in [0.29, 0.717) is 12.2 Å². The van der Waals surface area contributed by atoms with Crippen LogP contribution in [0.25, 0.3) is 0 Å². The number of pyridine rings is 1. The molecule has 0 aliphatic carbocycles. The van der Waals surface area contributed by atoms with Crippen LogP contribution in [0, 0.1) is 5.82 Å². The number of nitrogens with one attached hydrogen (secondary N) is 2. The van der Waals surface area contributed by atoms with E-state index in [1.165, 1.54) is 36.5 Å². The Morgan fingerprint density at radius 3 is 2.68 bits per heavy atom. The minimum atomic E-state index is -0.440. The number of carbonyl (C=O) groups is 2. The van der Waals surface area contributed by atoms with Crippen LogP contribution in [0.2, 0.25) is 0 Å². The molecule has 0 saturated carbocycles. The van der Waals surface area contributed by atoms with Crippen LogP contribution in [-0.4, -0.2) is 48.9 Å². The summed E-state index contributed by atoms with van der Waals surface area (Å²) >= 11 is 0. The van der Waals surface area contributed by atoms with Gasteiger partial charge in [-0.1, -0.05) is 6.07 Å². The number of amides is 2. The molecule has 6 nitrogen and oxygen atoms in total. The molecule has 132 valence electrons. The second-order valence-corrected chi connectivity index (χ2v) is 5.81. The van der Waals surface area contributed by atoms with Crippen LogP contribution in [0.4, 0.5) is 10.1 Å². The highest BCUT2D eigenvalue weighted by atomic mass is 19.1. The second kappa shape index (κ2) is 8.89. The molecule has 1 aromatic carbocycles. The van der Waals surface area contributed by atoms with Crippen molar-refractivity contribution in [2.24, 2.45) is 0 Å². The first-order valence-electron chi connectivity index (χ1n) is 7.91. The molecule has 2 aromatic rings. The maximum absolute atomic E-state index is 13.2. The minimum Gasteiger partial charge on any atom is -0.351 e. The SMILES string of the molecule is CN(C)CCCNC(=O)c1cc(C(=O)Nc2cccc(F)c2)ccn1. The summed E-state index contributed by atoms with van der Waals surface area (Å²) in [6.07, 6.45) is 2.22. The summed E-state index contributed by atoms with van der Waals surface area (Å²) in [5.74, 6) is -1.21. The fraction of sp³-hybridized carbons (Fsp3) is 0.278. The minimum absolute atomic E-state index is 0.164. The van der Waals surface area contributed by atoms with Crippen LogP contribution in [0.3, 0.4) is 0 Å². The van der Waals surface area contributed by atoms with E-state index in [1.807, 2.05) is 19.0 Å². The van der Waals surface area contributed by atoms with Crippen molar-refractivity contribution >= 4 is 17.5 Å². The predicted molar refractivity (Wildman–Crippen MR) is 94.1 cm³/mol. The van der Waals surface area contributed by atoms with E-state index in [4.69, 9.17) is 0 Å². The van der Waals surface area contributed by atoms with Gasteiger partial charge in [-0.05, 0) is 57.4 Å². The van der Waals surface area contributed by atoms with Gasteiger partial charge in [-0.2, -0.15) is 0 Å². The van der Waals surface area contributed by atoms with Crippen LogP contribution < -0.4 is 10.6 Å². The van der Waals surface area contributed by atoms with Crippen molar-refractivity contribution < 1.29 is 14.0 Å². The Morgan fingerprint density at radius 2 is 1.96 bits per heavy atom. The summed E-state index contributed by atoms with van der Waals surface area (Å²) in [5.41, 5.74) is 0.783. The third-order valence-electron chi connectivity index (χ3n) is 3.40. The van der Waals surface area contributed by atoms with Gasteiger partial charge in [0.05, 0.1) is 0 Å². The van der Waals surface area contributed by atoms with Gasteiger partial charge in [0.25, 0.3) is 11.8 Å². The van der Waals surface area contributed by atoms with E-state index in [2.05, 4.69) is 15.6 Å². The van der Waals surface area contributed by atoms with Gasteiger partial charge in [-0.15, -0.1) is 0 Å². The van der Waals surface area contributed by atoms with Crippen molar-refractivity contribution in [1.29, 1.82) is 0 Å². The summed E-state index contributed by atoms with van der Waals surface area (Å²) in [5, 5.41) is 5.35. The van der Waals surface area contributed by atoms with Crippen LogP contribution in [0.15, 0.2) is 42.6 Å². The Hall–Kier alpha value is -2.80. The third-order valence-corrected chi connectivity index (χ3v) is 3.40. The average Bonchev–Trinajstić information content (AvgIpc) is 2.58. The van der Waals surface area contributed by atoms with Crippen LogP contribution in [0.5, 0.6) is 0 Å². The smallest absolute Gasteiger partial charge is 0.269 e. The highest BCUT2D eigenvalue weighted by Crippen LogP contribution is 2.11. The molecule has 2 rings (SSSR count). The standard InChI is InChI=1S/C18H21FN4O2/c1-23(2)10-4-8-21-18(25)16-11-13(7-9-20-16)17(24)22-15-6-3-5-14(19)12-15/h3,5-7,9,11-12H,4,8,10H2,1-2H3,(H,21,25)(H,22,24). The molecule has 7 heteroatoms. The van der Waals surface area contributed by atoms with Gasteiger partial charge in [-0.3, -0.25) is 14.6 Å². The van der Waals surface area contributed by atoms with Crippen molar-refractivity contribution in [3.8, 4) is 0 Å². The number of carbonyl (C=O) groups excluding carboxylic acids is 2. The van der Waals surface area contributed by atoms with E-state index < -0.39 is 11.7 Å². The van der Waals surface area contributed by atoms with Gasteiger partial charge in [0.2, 0.25) is 0 Å². The number of halogens is 1. The summed E-state index contributed by atoms with van der Waals surface area (Å²) in [4.78, 5) is 30.4. The van der Waals surface area contributed by atoms with Crippen molar-refractivity contribution in [3.63, 3.8) is 0 Å². The largest absolute Gasteiger partial charge is 0.351 e. The van der Waals surface area contributed by atoms with Gasteiger partial charge in [0.1, 0.15) is 11.5 Å². The quantitative estimate of drug-likeness (QED) is 0.755. The highest BCUT2D eigenvalue weighted by molar-refractivity contribution is 6.05. The molecular weight excluding hydrogens is 323 g/mol. The molecule has 0 atom stereocenters. The van der Waals surface area contributed by atoms with Gasteiger partial charge in [0, 0.05) is 24.0 Å². The molecule has 0 aliphatic heterocycles. The number of benzene rings is 1. The lowest BCUT2D eigenvalue weighted by atomic mass is 10.2. The Balaban J connectivity index is 1.97. The van der Waals surface area contributed by atoms with Crippen molar-refractivity contribution in [2.45, 2.75) is 6.42 Å². The monoisotopic (exact) mass is 344 g/mol. The highest BCUT2D eigenvalue weighted by Gasteiger charge is 2.12. The van der Waals surface area contributed by atoms with Gasteiger partial charge >= 0.3 is 0 Å². The predicted octanol–water partition coefficient (Wildman–Crippen LogP) is 2.15. The zero-order valence-electron chi connectivity index (χ0n) is 14.3. The first-order chi connectivity index (χ1) is 12.0. The number of hydrogen-bond acceptors (Lipinski definition) is 4. The van der Waals surface area contributed by atoms with E-state index in [9.17, 15) is 14.0 Å². The lowest BCUT2D eigenvalue weighted by Crippen LogP contribution is -2.28. The fourth-order valence-electron chi connectivity index (χ4n) is 2.15. The molecule has 0 bridgehead atoms. The number of aromatic nitrogens is 1. The van der Waals surface area contributed by atoms with Crippen LogP contribution >= 0.6 is 0 Å². The van der Waals surface area contributed by atoms with Crippen molar-refractivity contribution in [1.82, 2.24) is 15.2 Å². The maximum atomic E-state index is 13.2. The Kier molecular flexibility index (Phi) is 6.59. The molecule has 0 unspecified atom stereocenters. The molecule has 2 N–H and O–H groups in total. The Morgan fingerprint density at radius 1 is 1.16 bits per heavy atom. The molecule has 1 heterocycles. The molecule has 0 fully saturated rings. The lowest BCUT2D eigenvalue weighted by molar-refractivity contribution is 0.0947. The van der Waals surface area contributed by atoms with Gasteiger partial charge in [0.15, 0.2) is 0 Å². The van der Waals surface area contributed by atoms with Gasteiger partial charge < -0.3 is 15.5 Å². The maximum Gasteiger partial charge on any atom is 0.269 e. The van der Waals surface area contributed by atoms with E-state index >= 15 is 0 Å². The van der Waals surface area contributed by atoms with Gasteiger partial charge in [-0.25, -0.2) is 4.39 Å². The second-order valence-electron chi connectivity index (χ2n) is 5.81. The zero-order valence-corrected chi connectivity index (χ0v) is 14.3. The molecule has 2 amide bonds. The average molecular weight is 344 g/mol. The Bertz CT molecular complexity index is 749. The number of anilines is 1. The first kappa shape index (κ1) is 18.5. The topological polar surface area (TPSA) is 74.3 Å².